The third-order valence-electron chi connectivity index (χ3n) is 3.76. The molecule has 0 aliphatic carbocycles. The molecule has 0 spiro atoms. The van der Waals surface area contributed by atoms with Crippen LogP contribution in [0.25, 0.3) is 0 Å². The van der Waals surface area contributed by atoms with Crippen LogP contribution in [0.1, 0.15) is 47.5 Å². The second kappa shape index (κ2) is 5.03. The fraction of sp³-hybridized carbons (Fsp3) is 0.714. The van der Waals surface area contributed by atoms with E-state index in [4.69, 9.17) is 4.74 Å². The molecule has 0 aromatic carbocycles. The van der Waals surface area contributed by atoms with Gasteiger partial charge in [0.1, 0.15) is 17.8 Å². The van der Waals surface area contributed by atoms with Crippen LogP contribution in [-0.4, -0.2) is 17.9 Å². The fourth-order valence-electron chi connectivity index (χ4n) is 2.53. The summed E-state index contributed by atoms with van der Waals surface area (Å²) in [5.41, 5.74) is 0.889. The Kier molecular flexibility index (Phi) is 4.12. The Morgan fingerprint density at radius 2 is 2.00 bits per heavy atom. The van der Waals surface area contributed by atoms with Gasteiger partial charge in [-0.05, 0) is 40.5 Å². The van der Waals surface area contributed by atoms with Crippen LogP contribution in [0.4, 0.5) is 0 Å². The number of allylic oxidation sites excluding steroid dienone is 2. The molecular formula is C14H22O3. The maximum atomic E-state index is 11.7. The molecule has 3 heteroatoms. The van der Waals surface area contributed by atoms with Gasteiger partial charge >= 0.3 is 5.97 Å². The van der Waals surface area contributed by atoms with E-state index in [0.717, 1.165) is 12.8 Å². The number of ether oxygens (including phenoxy) is 1. The lowest BCUT2D eigenvalue weighted by molar-refractivity contribution is -0.146. The SMILES string of the molecule is CC(=O)C1C(=O)O[C@H](C)[C@@]1(C)CCC=C(C)C. The third kappa shape index (κ3) is 2.76. The number of esters is 1. The smallest absolute Gasteiger partial charge is 0.317 e. The summed E-state index contributed by atoms with van der Waals surface area (Å²) < 4.78 is 5.23. The van der Waals surface area contributed by atoms with Gasteiger partial charge in [0, 0.05) is 5.41 Å². The van der Waals surface area contributed by atoms with Crippen LogP contribution >= 0.6 is 0 Å². The molecular weight excluding hydrogens is 216 g/mol. The Morgan fingerprint density at radius 3 is 2.47 bits per heavy atom. The summed E-state index contributed by atoms with van der Waals surface area (Å²) in [4.78, 5) is 23.3. The van der Waals surface area contributed by atoms with Crippen molar-refractivity contribution in [3.63, 3.8) is 0 Å². The number of Topliss-reactive ketones (excluding diaryl/α,β-unsaturated/α-hetero) is 1. The Bertz CT molecular complexity index is 352. The molecule has 0 radical (unpaired) electrons. The molecule has 1 unspecified atom stereocenters. The normalized spacial score (nSPS) is 32.2. The van der Waals surface area contributed by atoms with E-state index in [9.17, 15) is 9.59 Å². The summed E-state index contributed by atoms with van der Waals surface area (Å²) in [6.45, 7) is 9.43. The van der Waals surface area contributed by atoms with E-state index in [2.05, 4.69) is 6.08 Å². The van der Waals surface area contributed by atoms with Gasteiger partial charge in [-0.25, -0.2) is 0 Å². The molecule has 1 aliphatic heterocycles. The number of cyclic esters (lactones) is 1. The van der Waals surface area contributed by atoms with Crippen LogP contribution in [0.2, 0.25) is 0 Å². The first-order valence-corrected chi connectivity index (χ1v) is 6.13. The molecule has 0 aromatic rings. The average Bonchev–Trinajstić information content (AvgIpc) is 2.36. The summed E-state index contributed by atoms with van der Waals surface area (Å²) in [6.07, 6.45) is 3.63. The van der Waals surface area contributed by atoms with E-state index >= 15 is 0 Å². The highest BCUT2D eigenvalue weighted by Crippen LogP contribution is 2.44. The van der Waals surface area contributed by atoms with Gasteiger partial charge < -0.3 is 4.74 Å². The molecule has 1 fully saturated rings. The van der Waals surface area contributed by atoms with Gasteiger partial charge in [0.25, 0.3) is 0 Å². The van der Waals surface area contributed by atoms with Crippen molar-refractivity contribution in [1.82, 2.24) is 0 Å². The summed E-state index contributed by atoms with van der Waals surface area (Å²) in [7, 11) is 0. The van der Waals surface area contributed by atoms with Gasteiger partial charge in [-0.3, -0.25) is 9.59 Å². The van der Waals surface area contributed by atoms with Gasteiger partial charge in [0.15, 0.2) is 0 Å². The molecule has 0 N–H and O–H groups in total. The highest BCUT2D eigenvalue weighted by atomic mass is 16.6. The van der Waals surface area contributed by atoms with Gasteiger partial charge in [0.2, 0.25) is 0 Å². The highest BCUT2D eigenvalue weighted by molar-refractivity contribution is 6.00. The summed E-state index contributed by atoms with van der Waals surface area (Å²) in [6, 6.07) is 0. The van der Waals surface area contributed by atoms with E-state index in [1.165, 1.54) is 12.5 Å². The van der Waals surface area contributed by atoms with E-state index in [1.807, 2.05) is 27.7 Å². The lowest BCUT2D eigenvalue weighted by Gasteiger charge is -2.29. The van der Waals surface area contributed by atoms with Crippen molar-refractivity contribution in [1.29, 1.82) is 0 Å². The van der Waals surface area contributed by atoms with Crippen LogP contribution in [0.5, 0.6) is 0 Å². The van der Waals surface area contributed by atoms with Crippen molar-refractivity contribution in [3.8, 4) is 0 Å². The maximum absolute atomic E-state index is 11.7. The molecule has 3 atom stereocenters. The molecule has 1 rings (SSSR count). The molecule has 96 valence electrons. The van der Waals surface area contributed by atoms with Crippen molar-refractivity contribution in [2.45, 2.75) is 53.6 Å². The first-order chi connectivity index (χ1) is 7.79. The average molecular weight is 238 g/mol. The Hall–Kier alpha value is -1.12. The molecule has 1 saturated heterocycles. The molecule has 0 bridgehead atoms. The summed E-state index contributed by atoms with van der Waals surface area (Å²) in [5, 5.41) is 0. The number of carbonyl (C=O) groups is 2. The van der Waals surface area contributed by atoms with Crippen LogP contribution in [-0.2, 0) is 14.3 Å². The van der Waals surface area contributed by atoms with Gasteiger partial charge in [0.05, 0.1) is 0 Å². The van der Waals surface area contributed by atoms with Crippen molar-refractivity contribution < 1.29 is 14.3 Å². The molecule has 0 aromatic heterocycles. The first kappa shape index (κ1) is 13.9. The third-order valence-corrected chi connectivity index (χ3v) is 3.76. The van der Waals surface area contributed by atoms with Crippen molar-refractivity contribution in [3.05, 3.63) is 11.6 Å². The van der Waals surface area contributed by atoms with Crippen molar-refractivity contribution >= 4 is 11.8 Å². The minimum absolute atomic E-state index is 0.0842. The lowest BCUT2D eigenvalue weighted by Crippen LogP contribution is -2.36. The van der Waals surface area contributed by atoms with E-state index in [-0.39, 0.29) is 23.3 Å². The lowest BCUT2D eigenvalue weighted by atomic mass is 9.70. The maximum Gasteiger partial charge on any atom is 0.317 e. The Morgan fingerprint density at radius 1 is 1.41 bits per heavy atom. The fourth-order valence-corrected chi connectivity index (χ4v) is 2.53. The van der Waals surface area contributed by atoms with Crippen molar-refractivity contribution in [2.24, 2.45) is 11.3 Å². The van der Waals surface area contributed by atoms with Crippen LogP contribution in [0.15, 0.2) is 11.6 Å². The molecule has 17 heavy (non-hydrogen) atoms. The van der Waals surface area contributed by atoms with Gasteiger partial charge in [-0.2, -0.15) is 0 Å². The predicted octanol–water partition coefficient (Wildman–Crippen LogP) is 2.89. The quantitative estimate of drug-likeness (QED) is 0.429. The number of carbonyl (C=O) groups excluding carboxylic acids is 2. The zero-order valence-corrected chi connectivity index (χ0v) is 11.4. The summed E-state index contributed by atoms with van der Waals surface area (Å²) >= 11 is 0. The standard InChI is InChI=1S/C14H22O3/c1-9(2)7-6-8-14(5)11(4)17-13(16)12(14)10(3)15/h7,11-12H,6,8H2,1-5H3/t11-,12?,14-/m1/s1. The molecule has 1 aliphatic rings. The Labute approximate surface area is 103 Å². The first-order valence-electron chi connectivity index (χ1n) is 6.13. The highest BCUT2D eigenvalue weighted by Gasteiger charge is 2.53. The number of hydrogen-bond donors (Lipinski definition) is 0. The van der Waals surface area contributed by atoms with Gasteiger partial charge in [-0.15, -0.1) is 0 Å². The second-order valence-corrected chi connectivity index (χ2v) is 5.45. The zero-order chi connectivity index (χ0) is 13.2. The van der Waals surface area contributed by atoms with Crippen LogP contribution < -0.4 is 0 Å². The van der Waals surface area contributed by atoms with E-state index < -0.39 is 5.92 Å². The molecule has 1 heterocycles. The van der Waals surface area contributed by atoms with E-state index in [1.54, 1.807) is 0 Å². The minimum Gasteiger partial charge on any atom is -0.461 e. The number of ketones is 1. The monoisotopic (exact) mass is 238 g/mol. The van der Waals surface area contributed by atoms with E-state index in [0.29, 0.717) is 0 Å². The predicted molar refractivity (Wildman–Crippen MR) is 66.5 cm³/mol. The topological polar surface area (TPSA) is 43.4 Å². The zero-order valence-electron chi connectivity index (χ0n) is 11.4. The number of hydrogen-bond acceptors (Lipinski definition) is 3. The molecule has 0 saturated carbocycles. The van der Waals surface area contributed by atoms with Crippen molar-refractivity contribution in [2.75, 3.05) is 0 Å². The largest absolute Gasteiger partial charge is 0.461 e. The summed E-state index contributed by atoms with van der Waals surface area (Å²) in [5.74, 6) is -1.04. The van der Waals surface area contributed by atoms with Crippen LogP contribution in [0, 0.1) is 11.3 Å². The number of rotatable bonds is 4. The second-order valence-electron chi connectivity index (χ2n) is 5.45. The van der Waals surface area contributed by atoms with Gasteiger partial charge in [-0.1, -0.05) is 18.6 Å². The Balaban J connectivity index is 2.86. The molecule has 0 amide bonds. The van der Waals surface area contributed by atoms with Crippen LogP contribution in [0.3, 0.4) is 0 Å². The molecule has 3 nitrogen and oxygen atoms in total. The minimum atomic E-state index is -0.594.